The molecule has 6 heteroatoms. The molecule has 28 heavy (non-hydrogen) atoms. The monoisotopic (exact) mass is 405 g/mol. The Bertz CT molecular complexity index is 827. The maximum Gasteiger partial charge on any atom is 0.236 e. The fraction of sp³-hybridized carbons (Fsp3) is 0.773. The number of hydrogen-bond donors (Lipinski definition) is 0. The van der Waals surface area contributed by atoms with Gasteiger partial charge in [0.1, 0.15) is 0 Å². The summed E-state index contributed by atoms with van der Waals surface area (Å²) in [6.45, 7) is 13.1. The van der Waals surface area contributed by atoms with E-state index in [2.05, 4.69) is 40.0 Å². The molecule has 5 aliphatic rings. The first-order chi connectivity index (χ1) is 13.1. The lowest BCUT2D eigenvalue weighted by molar-refractivity contribution is -0.553. The molecule has 0 amide bonds. The van der Waals surface area contributed by atoms with Crippen molar-refractivity contribution in [2.75, 3.05) is 0 Å². The summed E-state index contributed by atoms with van der Waals surface area (Å²) in [6.07, 6.45) is 3.68. The fourth-order valence-electron chi connectivity index (χ4n) is 5.56. The topological polar surface area (TPSA) is 49.8 Å². The lowest BCUT2D eigenvalue weighted by Gasteiger charge is -2.57. The van der Waals surface area contributed by atoms with Crippen LogP contribution in [0.2, 0.25) is 0 Å². The van der Waals surface area contributed by atoms with Gasteiger partial charge in [-0.2, -0.15) is 0 Å². The van der Waals surface area contributed by atoms with Gasteiger partial charge in [-0.3, -0.25) is 0 Å². The molecule has 4 aliphatic heterocycles. The molecule has 3 saturated heterocycles. The number of rotatable bonds is 1. The zero-order valence-electron chi connectivity index (χ0n) is 17.7. The molecule has 1 spiro atoms. The third-order valence-corrected chi connectivity index (χ3v) is 8.13. The van der Waals surface area contributed by atoms with Crippen LogP contribution in [0.4, 0.5) is 0 Å². The number of aromatic nitrogens is 1. The molecule has 6 rings (SSSR count). The molecule has 0 N–H and O–H groups in total. The van der Waals surface area contributed by atoms with Gasteiger partial charge in [-0.15, -0.1) is 11.3 Å². The third kappa shape index (κ3) is 2.57. The van der Waals surface area contributed by atoms with E-state index >= 15 is 0 Å². The first-order valence-corrected chi connectivity index (χ1v) is 11.4. The van der Waals surface area contributed by atoms with E-state index in [0.717, 1.165) is 35.7 Å². The van der Waals surface area contributed by atoms with Crippen molar-refractivity contribution in [2.45, 2.75) is 90.3 Å². The number of nitrogens with zero attached hydrogens (tertiary/aromatic N) is 1. The van der Waals surface area contributed by atoms with E-state index in [0.29, 0.717) is 11.8 Å². The second-order valence-electron chi connectivity index (χ2n) is 10.3. The second kappa shape index (κ2) is 6.03. The Morgan fingerprint density at radius 3 is 2.68 bits per heavy atom. The predicted octanol–water partition coefficient (Wildman–Crippen LogP) is 5.42. The Morgan fingerprint density at radius 2 is 1.96 bits per heavy atom. The molecule has 1 saturated carbocycles. The number of ether oxygens (including phenoxy) is 2. The maximum atomic E-state index is 6.57. The molecule has 0 aromatic carbocycles. The van der Waals surface area contributed by atoms with Crippen molar-refractivity contribution in [3.63, 3.8) is 0 Å². The average Bonchev–Trinajstić information content (AvgIpc) is 3.01. The Hall–Kier alpha value is -0.950. The summed E-state index contributed by atoms with van der Waals surface area (Å²) >= 11 is 1.66. The molecular formula is C22H31NO4S. The number of fused-ring (bicyclic) bond motifs is 2. The van der Waals surface area contributed by atoms with Crippen LogP contribution in [0, 0.1) is 17.8 Å². The van der Waals surface area contributed by atoms with Crippen LogP contribution in [0.3, 0.4) is 0 Å². The highest BCUT2D eigenvalue weighted by Gasteiger charge is 2.68. The quantitative estimate of drug-likeness (QED) is 0.584. The molecule has 4 fully saturated rings. The van der Waals surface area contributed by atoms with Gasteiger partial charge in [0.25, 0.3) is 0 Å². The average molecular weight is 406 g/mol. The van der Waals surface area contributed by atoms with Crippen LogP contribution in [0.1, 0.15) is 77.9 Å². The van der Waals surface area contributed by atoms with Crippen molar-refractivity contribution < 1.29 is 19.2 Å². The van der Waals surface area contributed by atoms with Gasteiger partial charge in [0.05, 0.1) is 5.69 Å². The minimum Gasteiger partial charge on any atom is -0.458 e. The normalized spacial score (nSPS) is 42.8. The zero-order valence-corrected chi connectivity index (χ0v) is 18.5. The van der Waals surface area contributed by atoms with Crippen molar-refractivity contribution in [2.24, 2.45) is 17.8 Å². The van der Waals surface area contributed by atoms with E-state index in [1.54, 1.807) is 11.3 Å². The smallest absolute Gasteiger partial charge is 0.236 e. The standard InChI is InChI=1S/C22H31NO4S/c1-12-7-8-15-13(2)17(18-23-16(11-28-18)20(3,4)5)24-19-22(15)14(12)9-10-21(6,25-19)26-27-22/h11-12,14-15,19H,7-10H2,1-6H3/t12-,14+,15+,19?,21?,22-/m1/s1. The van der Waals surface area contributed by atoms with Gasteiger partial charge in [0.2, 0.25) is 12.1 Å². The van der Waals surface area contributed by atoms with Crippen LogP contribution in [0.15, 0.2) is 11.0 Å². The summed E-state index contributed by atoms with van der Waals surface area (Å²) in [6, 6.07) is 0. The maximum absolute atomic E-state index is 6.57. The Morgan fingerprint density at radius 1 is 1.18 bits per heavy atom. The largest absolute Gasteiger partial charge is 0.458 e. The SMILES string of the molecule is CC1=C(c2nc(C(C)(C)C)cs2)OC2OC3(C)CC[C@H]4[C@H](C)CC[C@@H]1[C@@]24OO3. The van der Waals surface area contributed by atoms with Crippen molar-refractivity contribution >= 4 is 17.1 Å². The van der Waals surface area contributed by atoms with Gasteiger partial charge in [-0.05, 0) is 44.6 Å². The van der Waals surface area contributed by atoms with E-state index < -0.39 is 17.7 Å². The van der Waals surface area contributed by atoms with Crippen LogP contribution in [0.25, 0.3) is 5.76 Å². The van der Waals surface area contributed by atoms with Gasteiger partial charge >= 0.3 is 0 Å². The fourth-order valence-corrected chi connectivity index (χ4v) is 6.65. The zero-order chi connectivity index (χ0) is 19.9. The van der Waals surface area contributed by atoms with E-state index in [4.69, 9.17) is 24.2 Å². The van der Waals surface area contributed by atoms with Gasteiger partial charge < -0.3 is 9.47 Å². The van der Waals surface area contributed by atoms with Crippen LogP contribution in [0.5, 0.6) is 0 Å². The minimum absolute atomic E-state index is 0.0206. The van der Waals surface area contributed by atoms with Crippen molar-refractivity contribution in [1.82, 2.24) is 4.98 Å². The number of thiazole rings is 1. The lowest BCUT2D eigenvalue weighted by atomic mass is 9.59. The lowest BCUT2D eigenvalue weighted by Crippen LogP contribution is -2.66. The van der Waals surface area contributed by atoms with Crippen LogP contribution >= 0.6 is 11.3 Å². The Labute approximate surface area is 171 Å². The minimum atomic E-state index is -0.743. The summed E-state index contributed by atoms with van der Waals surface area (Å²) in [7, 11) is 0. The van der Waals surface area contributed by atoms with Crippen LogP contribution in [-0.4, -0.2) is 22.7 Å². The van der Waals surface area contributed by atoms with E-state index in [1.807, 2.05) is 6.92 Å². The predicted molar refractivity (Wildman–Crippen MR) is 107 cm³/mol. The van der Waals surface area contributed by atoms with Crippen molar-refractivity contribution in [3.8, 4) is 0 Å². The molecule has 2 bridgehead atoms. The van der Waals surface area contributed by atoms with Crippen molar-refractivity contribution in [1.29, 1.82) is 0 Å². The van der Waals surface area contributed by atoms with Gasteiger partial charge in [0.15, 0.2) is 16.4 Å². The highest BCUT2D eigenvalue weighted by molar-refractivity contribution is 7.10. The summed E-state index contributed by atoms with van der Waals surface area (Å²) < 4.78 is 13.0. The van der Waals surface area contributed by atoms with E-state index in [-0.39, 0.29) is 11.3 Å². The summed E-state index contributed by atoms with van der Waals surface area (Å²) in [5.74, 6) is 1.31. The van der Waals surface area contributed by atoms with Gasteiger partial charge in [-0.25, -0.2) is 14.8 Å². The highest BCUT2D eigenvalue weighted by Crippen LogP contribution is 2.61. The second-order valence-corrected chi connectivity index (χ2v) is 11.1. The van der Waals surface area contributed by atoms with Gasteiger partial charge in [0, 0.05) is 29.1 Å². The van der Waals surface area contributed by atoms with Crippen LogP contribution < -0.4 is 0 Å². The van der Waals surface area contributed by atoms with Crippen LogP contribution in [-0.2, 0) is 24.7 Å². The van der Waals surface area contributed by atoms with Crippen molar-refractivity contribution in [3.05, 3.63) is 21.7 Å². The molecule has 6 atom stereocenters. The summed E-state index contributed by atoms with van der Waals surface area (Å²) in [5.41, 5.74) is 1.79. The Kier molecular flexibility index (Phi) is 4.10. The van der Waals surface area contributed by atoms with E-state index in [9.17, 15) is 0 Å². The number of hydrogen-bond acceptors (Lipinski definition) is 6. The Balaban J connectivity index is 1.61. The molecule has 1 aromatic heterocycles. The molecule has 1 aromatic rings. The summed E-state index contributed by atoms with van der Waals surface area (Å²) in [4.78, 5) is 17.0. The molecule has 0 radical (unpaired) electrons. The highest BCUT2D eigenvalue weighted by atomic mass is 32.1. The molecule has 1 aliphatic carbocycles. The third-order valence-electron chi connectivity index (χ3n) is 7.29. The molecule has 5 heterocycles. The molecule has 5 nitrogen and oxygen atoms in total. The first kappa shape index (κ1) is 19.0. The first-order valence-electron chi connectivity index (χ1n) is 10.5. The molecular weight excluding hydrogens is 374 g/mol. The molecule has 154 valence electrons. The molecule has 2 unspecified atom stereocenters. The van der Waals surface area contributed by atoms with Gasteiger partial charge in [-0.1, -0.05) is 27.7 Å². The summed E-state index contributed by atoms with van der Waals surface area (Å²) in [5, 5.41) is 3.10. The van der Waals surface area contributed by atoms with E-state index in [1.165, 1.54) is 12.0 Å².